The van der Waals surface area contributed by atoms with Crippen LogP contribution in [0.15, 0.2) is 48.5 Å². The van der Waals surface area contributed by atoms with Crippen molar-refractivity contribution in [1.29, 1.82) is 0 Å². The largest absolute Gasteiger partial charge is 0.369 e. The van der Waals surface area contributed by atoms with Gasteiger partial charge in [0.2, 0.25) is 5.91 Å². The van der Waals surface area contributed by atoms with E-state index < -0.39 is 0 Å². The Bertz CT molecular complexity index is 869. The molecule has 6 heteroatoms. The molecule has 1 fully saturated rings. The molecule has 146 valence electrons. The molecule has 0 radical (unpaired) electrons. The Morgan fingerprint density at radius 1 is 0.857 bits per heavy atom. The van der Waals surface area contributed by atoms with Gasteiger partial charge in [-0.05, 0) is 50.2 Å². The van der Waals surface area contributed by atoms with Crippen molar-refractivity contribution in [3.63, 3.8) is 0 Å². The summed E-state index contributed by atoms with van der Waals surface area (Å²) in [6.07, 6.45) is 0. The molecular weight excluding hydrogens is 354 g/mol. The number of piperazine rings is 1. The fourth-order valence-electron chi connectivity index (χ4n) is 3.29. The topological polar surface area (TPSA) is 69.7 Å². The summed E-state index contributed by atoms with van der Waals surface area (Å²) in [6, 6.07) is 14.6. The molecule has 1 aliphatic heterocycles. The number of nitrogens with one attached hydrogen (secondary N) is 1. The third kappa shape index (κ3) is 5.04. The average molecular weight is 379 g/mol. The van der Waals surface area contributed by atoms with Crippen LogP contribution in [-0.4, -0.2) is 55.1 Å². The van der Waals surface area contributed by atoms with Gasteiger partial charge in [-0.15, -0.1) is 0 Å². The molecule has 1 saturated heterocycles. The van der Waals surface area contributed by atoms with Gasteiger partial charge < -0.3 is 10.2 Å². The summed E-state index contributed by atoms with van der Waals surface area (Å²) in [5, 5.41) is 2.87. The van der Waals surface area contributed by atoms with Crippen molar-refractivity contribution < 1.29 is 14.4 Å². The van der Waals surface area contributed by atoms with Gasteiger partial charge in [0.05, 0.1) is 6.54 Å². The molecule has 28 heavy (non-hydrogen) atoms. The monoisotopic (exact) mass is 379 g/mol. The van der Waals surface area contributed by atoms with Crippen LogP contribution in [0.1, 0.15) is 34.6 Å². The summed E-state index contributed by atoms with van der Waals surface area (Å²) in [4.78, 5) is 39.5. The number of carbonyl (C=O) groups is 3. The van der Waals surface area contributed by atoms with Crippen molar-refractivity contribution in [3.05, 3.63) is 59.7 Å². The van der Waals surface area contributed by atoms with Crippen LogP contribution in [0.3, 0.4) is 0 Å². The summed E-state index contributed by atoms with van der Waals surface area (Å²) >= 11 is 0. The van der Waals surface area contributed by atoms with E-state index in [0.29, 0.717) is 23.4 Å². The Hall–Kier alpha value is -2.99. The van der Waals surface area contributed by atoms with Gasteiger partial charge in [0, 0.05) is 48.7 Å². The highest BCUT2D eigenvalue weighted by atomic mass is 16.2. The van der Waals surface area contributed by atoms with E-state index in [-0.39, 0.29) is 17.5 Å². The van der Waals surface area contributed by atoms with Gasteiger partial charge in [-0.3, -0.25) is 19.3 Å². The molecule has 3 rings (SSSR count). The van der Waals surface area contributed by atoms with Gasteiger partial charge in [-0.25, -0.2) is 0 Å². The zero-order valence-electron chi connectivity index (χ0n) is 16.3. The Labute approximate surface area is 165 Å². The molecule has 0 aliphatic carbocycles. The number of amides is 1. The zero-order chi connectivity index (χ0) is 20.1. The molecule has 1 aliphatic rings. The van der Waals surface area contributed by atoms with E-state index in [1.54, 1.807) is 31.2 Å². The fourth-order valence-corrected chi connectivity index (χ4v) is 3.29. The number of hydrogen-bond acceptors (Lipinski definition) is 5. The summed E-state index contributed by atoms with van der Waals surface area (Å²) in [7, 11) is 0. The van der Waals surface area contributed by atoms with Crippen molar-refractivity contribution in [2.24, 2.45) is 0 Å². The maximum Gasteiger partial charge on any atom is 0.238 e. The van der Waals surface area contributed by atoms with E-state index in [4.69, 9.17) is 0 Å². The van der Waals surface area contributed by atoms with Gasteiger partial charge >= 0.3 is 0 Å². The summed E-state index contributed by atoms with van der Waals surface area (Å²) in [6.45, 7) is 6.62. The smallest absolute Gasteiger partial charge is 0.238 e. The maximum atomic E-state index is 12.3. The predicted molar refractivity (Wildman–Crippen MR) is 110 cm³/mol. The lowest BCUT2D eigenvalue weighted by atomic mass is 10.1. The second-order valence-corrected chi connectivity index (χ2v) is 7.05. The van der Waals surface area contributed by atoms with Gasteiger partial charge in [0.15, 0.2) is 11.6 Å². The molecule has 1 amide bonds. The second-order valence-electron chi connectivity index (χ2n) is 7.05. The van der Waals surface area contributed by atoms with Gasteiger partial charge in [0.1, 0.15) is 0 Å². The predicted octanol–water partition coefficient (Wildman–Crippen LogP) is 2.85. The number of nitrogens with zero attached hydrogens (tertiary/aromatic N) is 2. The molecule has 2 aromatic rings. The molecule has 1 heterocycles. The minimum atomic E-state index is -0.0834. The van der Waals surface area contributed by atoms with E-state index in [1.165, 1.54) is 6.92 Å². The van der Waals surface area contributed by atoms with E-state index in [1.807, 2.05) is 24.3 Å². The number of carbonyl (C=O) groups excluding carboxylic acids is 3. The van der Waals surface area contributed by atoms with Crippen molar-refractivity contribution in [2.45, 2.75) is 13.8 Å². The lowest BCUT2D eigenvalue weighted by molar-refractivity contribution is -0.117. The number of rotatable bonds is 6. The summed E-state index contributed by atoms with van der Waals surface area (Å²) < 4.78 is 0. The lowest BCUT2D eigenvalue weighted by Gasteiger charge is -2.35. The molecule has 0 spiro atoms. The van der Waals surface area contributed by atoms with Gasteiger partial charge in [-0.1, -0.05) is 12.1 Å². The number of hydrogen-bond donors (Lipinski definition) is 1. The number of ketones is 2. The minimum Gasteiger partial charge on any atom is -0.369 e. The minimum absolute atomic E-state index is 0.0245. The Morgan fingerprint density at radius 3 is 2.11 bits per heavy atom. The number of anilines is 2. The third-order valence-corrected chi connectivity index (χ3v) is 4.93. The molecule has 1 N–H and O–H groups in total. The van der Waals surface area contributed by atoms with E-state index in [0.717, 1.165) is 31.9 Å². The van der Waals surface area contributed by atoms with Crippen LogP contribution >= 0.6 is 0 Å². The summed E-state index contributed by atoms with van der Waals surface area (Å²) in [5.74, 6) is -0.0419. The van der Waals surface area contributed by atoms with Crippen LogP contribution in [0.25, 0.3) is 0 Å². The lowest BCUT2D eigenvalue weighted by Crippen LogP contribution is -2.48. The normalized spacial score (nSPS) is 14.6. The quantitative estimate of drug-likeness (QED) is 0.782. The SMILES string of the molecule is CC(=O)c1ccc(N2CCN(CC(=O)Nc3cccc(C(C)=O)c3)CC2)cc1. The highest BCUT2D eigenvalue weighted by Gasteiger charge is 2.19. The molecule has 0 atom stereocenters. The first kappa shape index (κ1) is 19.8. The molecular formula is C22H25N3O3. The first-order valence-electron chi connectivity index (χ1n) is 9.41. The second kappa shape index (κ2) is 8.80. The van der Waals surface area contributed by atoms with Crippen molar-refractivity contribution in [2.75, 3.05) is 42.9 Å². The van der Waals surface area contributed by atoms with Crippen LogP contribution in [-0.2, 0) is 4.79 Å². The zero-order valence-corrected chi connectivity index (χ0v) is 16.3. The number of Topliss-reactive ketones (excluding diaryl/α,β-unsaturated/α-hetero) is 2. The Morgan fingerprint density at radius 2 is 1.50 bits per heavy atom. The Balaban J connectivity index is 1.50. The highest BCUT2D eigenvalue weighted by Crippen LogP contribution is 2.18. The third-order valence-electron chi connectivity index (χ3n) is 4.93. The fraction of sp³-hybridized carbons (Fsp3) is 0.318. The van der Waals surface area contributed by atoms with Crippen LogP contribution in [0, 0.1) is 0 Å². The maximum absolute atomic E-state index is 12.3. The molecule has 0 unspecified atom stereocenters. The van der Waals surface area contributed by atoms with Crippen molar-refractivity contribution in [3.8, 4) is 0 Å². The van der Waals surface area contributed by atoms with Crippen molar-refractivity contribution in [1.82, 2.24) is 4.90 Å². The van der Waals surface area contributed by atoms with E-state index in [9.17, 15) is 14.4 Å². The standard InChI is InChI=1S/C22H25N3O3/c1-16(26)18-6-8-21(9-7-18)25-12-10-24(11-13-25)15-22(28)23-20-5-3-4-19(14-20)17(2)27/h3-9,14H,10-13,15H2,1-2H3,(H,23,28). The average Bonchev–Trinajstić information content (AvgIpc) is 2.68. The molecule has 2 aromatic carbocycles. The first-order chi connectivity index (χ1) is 13.4. The molecule has 0 aromatic heterocycles. The van der Waals surface area contributed by atoms with Crippen LogP contribution < -0.4 is 10.2 Å². The van der Waals surface area contributed by atoms with E-state index in [2.05, 4.69) is 15.1 Å². The molecule has 0 bridgehead atoms. The van der Waals surface area contributed by atoms with Crippen molar-refractivity contribution >= 4 is 28.8 Å². The first-order valence-corrected chi connectivity index (χ1v) is 9.41. The van der Waals surface area contributed by atoms with Gasteiger partial charge in [-0.2, -0.15) is 0 Å². The molecule has 6 nitrogen and oxygen atoms in total. The Kier molecular flexibility index (Phi) is 6.21. The summed E-state index contributed by atoms with van der Waals surface area (Å²) in [5.41, 5.74) is 3.03. The number of benzene rings is 2. The van der Waals surface area contributed by atoms with Crippen LogP contribution in [0.4, 0.5) is 11.4 Å². The van der Waals surface area contributed by atoms with E-state index >= 15 is 0 Å². The van der Waals surface area contributed by atoms with Gasteiger partial charge in [0.25, 0.3) is 0 Å². The molecule has 0 saturated carbocycles. The van der Waals surface area contributed by atoms with Crippen LogP contribution in [0.2, 0.25) is 0 Å². The highest BCUT2D eigenvalue weighted by molar-refractivity contribution is 5.97. The van der Waals surface area contributed by atoms with Crippen LogP contribution in [0.5, 0.6) is 0 Å².